The van der Waals surface area contributed by atoms with Crippen LogP contribution in [0.3, 0.4) is 0 Å². The summed E-state index contributed by atoms with van der Waals surface area (Å²) in [5.74, 6) is 0.202. The maximum atomic E-state index is 14.9. The van der Waals surface area contributed by atoms with E-state index in [1.54, 1.807) is 11.8 Å². The van der Waals surface area contributed by atoms with Gasteiger partial charge in [0, 0.05) is 18.0 Å². The molecule has 0 N–H and O–H groups in total. The zero-order valence-electron chi connectivity index (χ0n) is 21.4. The van der Waals surface area contributed by atoms with Gasteiger partial charge in [0.05, 0.1) is 10.9 Å². The number of alkyl halides is 7. The molecule has 0 bridgehead atoms. The van der Waals surface area contributed by atoms with E-state index in [-0.39, 0.29) is 53.7 Å². The van der Waals surface area contributed by atoms with Gasteiger partial charge in [0.25, 0.3) is 0 Å². The number of likely N-dealkylation sites (tertiary alicyclic amines) is 1. The quantitative estimate of drug-likeness (QED) is 0.288. The van der Waals surface area contributed by atoms with Gasteiger partial charge in [-0.25, -0.2) is 17.2 Å². The number of aryl methyl sites for hydroxylation is 1. The average molecular weight is 628 g/mol. The van der Waals surface area contributed by atoms with Crippen molar-refractivity contribution in [2.75, 3.05) is 18.1 Å². The van der Waals surface area contributed by atoms with Crippen LogP contribution in [0.4, 0.5) is 35.1 Å². The van der Waals surface area contributed by atoms with Crippen molar-refractivity contribution in [3.63, 3.8) is 0 Å². The monoisotopic (exact) mass is 627 g/mol. The summed E-state index contributed by atoms with van der Waals surface area (Å²) in [5.41, 5.74) is -7.63. The van der Waals surface area contributed by atoms with Crippen molar-refractivity contribution in [2.24, 2.45) is 5.92 Å². The topological polar surface area (TPSA) is 54.5 Å². The van der Waals surface area contributed by atoms with Crippen LogP contribution in [-0.4, -0.2) is 55.7 Å². The Hall–Kier alpha value is -2.35. The van der Waals surface area contributed by atoms with Crippen LogP contribution in [0.5, 0.6) is 0 Å². The van der Waals surface area contributed by atoms with Gasteiger partial charge in [-0.05, 0) is 79.0 Å². The van der Waals surface area contributed by atoms with Crippen molar-refractivity contribution in [1.29, 1.82) is 0 Å². The molecule has 14 heteroatoms. The van der Waals surface area contributed by atoms with E-state index in [2.05, 4.69) is 0 Å². The molecule has 1 amide bonds. The highest BCUT2D eigenvalue weighted by Gasteiger charge is 2.74. The number of carbonyl (C=O) groups excluding carboxylic acids is 1. The third-order valence-electron chi connectivity index (χ3n) is 8.52. The van der Waals surface area contributed by atoms with Crippen LogP contribution in [0.25, 0.3) is 0 Å². The molecular formula is C27H25F8NO3S2. The summed E-state index contributed by atoms with van der Waals surface area (Å²) < 4.78 is 136. The lowest BCUT2D eigenvalue weighted by atomic mass is 9.76. The third-order valence-corrected chi connectivity index (χ3v) is 12.1. The predicted molar refractivity (Wildman–Crippen MR) is 135 cm³/mol. The van der Waals surface area contributed by atoms with Gasteiger partial charge in [0.1, 0.15) is 10.6 Å². The molecule has 2 atom stereocenters. The molecule has 0 saturated carbocycles. The minimum atomic E-state index is -6.33. The number of rotatable bonds is 4. The van der Waals surface area contributed by atoms with E-state index in [4.69, 9.17) is 0 Å². The highest BCUT2D eigenvalue weighted by atomic mass is 32.2. The first kappa shape index (κ1) is 30.1. The summed E-state index contributed by atoms with van der Waals surface area (Å²) >= 11 is 1.69. The second-order valence-electron chi connectivity index (χ2n) is 10.6. The average Bonchev–Trinajstić information content (AvgIpc) is 3.33. The number of hydrogen-bond acceptors (Lipinski definition) is 4. The highest BCUT2D eigenvalue weighted by molar-refractivity contribution is 7.99. The first-order valence-electron chi connectivity index (χ1n) is 12.9. The minimum Gasteiger partial charge on any atom is -0.337 e. The van der Waals surface area contributed by atoms with Crippen molar-refractivity contribution >= 4 is 27.5 Å². The Bertz CT molecular complexity index is 1420. The van der Waals surface area contributed by atoms with Gasteiger partial charge >= 0.3 is 18.0 Å². The molecule has 1 aliphatic carbocycles. The molecule has 5 rings (SSSR count). The third kappa shape index (κ3) is 4.54. The number of thioether (sulfide) groups is 1. The molecule has 4 nitrogen and oxygen atoms in total. The molecule has 2 saturated heterocycles. The summed E-state index contributed by atoms with van der Waals surface area (Å²) in [5, 5.41) is 0. The molecule has 2 fully saturated rings. The van der Waals surface area contributed by atoms with E-state index in [9.17, 15) is 48.3 Å². The lowest BCUT2D eigenvalue weighted by Crippen LogP contribution is -2.53. The zero-order valence-corrected chi connectivity index (χ0v) is 23.0. The molecule has 2 aromatic rings. The lowest BCUT2D eigenvalue weighted by molar-refractivity contribution is -0.348. The molecule has 0 radical (unpaired) electrons. The summed E-state index contributed by atoms with van der Waals surface area (Å²) in [6, 6.07) is 4.52. The van der Waals surface area contributed by atoms with Gasteiger partial charge < -0.3 is 4.90 Å². The van der Waals surface area contributed by atoms with E-state index in [0.717, 1.165) is 41.8 Å². The summed E-state index contributed by atoms with van der Waals surface area (Å²) in [7, 11) is -4.50. The fourth-order valence-electron chi connectivity index (χ4n) is 6.50. The Kier molecular flexibility index (Phi) is 7.44. The van der Waals surface area contributed by atoms with Crippen molar-refractivity contribution in [1.82, 2.24) is 4.90 Å². The number of fused-ring (bicyclic) bond motifs is 3. The maximum Gasteiger partial charge on any atom is 0.435 e. The number of halogens is 8. The fourth-order valence-corrected chi connectivity index (χ4v) is 9.97. The standard InChI is InChI=1S/C27H25F8NO3S2/c28-19-3-5-20(6-4-19)41(38,39)24-11-12-36(23(37)16-9-13-40-14-10-16)22(24)8-1-17-15-18(2-7-21(17)24)25(29,26(30,31)32)27(33,34)35/h2-7,15-16,22H,1,8-14H2/t22-,24-/m1/s1. The molecule has 0 unspecified atom stereocenters. The van der Waals surface area contributed by atoms with Crippen LogP contribution < -0.4 is 0 Å². The number of hydrogen-bond donors (Lipinski definition) is 0. The molecule has 3 aliphatic rings. The molecule has 0 spiro atoms. The van der Waals surface area contributed by atoms with Crippen molar-refractivity contribution in [3.05, 3.63) is 65.0 Å². The first-order chi connectivity index (χ1) is 19.1. The molecule has 41 heavy (non-hydrogen) atoms. The Morgan fingerprint density at radius 1 is 0.902 bits per heavy atom. The molecular weight excluding hydrogens is 602 g/mol. The molecule has 224 valence electrons. The van der Waals surface area contributed by atoms with Crippen LogP contribution in [-0.2, 0) is 31.5 Å². The lowest BCUT2D eigenvalue weighted by Gasteiger charge is -2.43. The Balaban J connectivity index is 1.68. The van der Waals surface area contributed by atoms with E-state index in [0.29, 0.717) is 25.0 Å². The van der Waals surface area contributed by atoms with E-state index in [1.807, 2.05) is 0 Å². The van der Waals surface area contributed by atoms with Crippen molar-refractivity contribution in [3.8, 4) is 0 Å². The number of sulfone groups is 1. The number of carbonyl (C=O) groups is 1. The second-order valence-corrected chi connectivity index (χ2v) is 14.0. The van der Waals surface area contributed by atoms with Crippen LogP contribution in [0.15, 0.2) is 47.4 Å². The Morgan fingerprint density at radius 3 is 2.10 bits per heavy atom. The van der Waals surface area contributed by atoms with Crippen LogP contribution >= 0.6 is 11.8 Å². The second kappa shape index (κ2) is 10.1. The van der Waals surface area contributed by atoms with Gasteiger partial charge in [-0.2, -0.15) is 38.1 Å². The zero-order chi connectivity index (χ0) is 30.0. The smallest absolute Gasteiger partial charge is 0.337 e. The van der Waals surface area contributed by atoms with Crippen molar-refractivity contribution in [2.45, 2.75) is 65.8 Å². The van der Waals surface area contributed by atoms with Crippen LogP contribution in [0.1, 0.15) is 42.4 Å². The fraction of sp³-hybridized carbons (Fsp3) is 0.519. The molecule has 2 heterocycles. The summed E-state index contributed by atoms with van der Waals surface area (Å²) in [4.78, 5) is 14.8. The largest absolute Gasteiger partial charge is 0.435 e. The van der Waals surface area contributed by atoms with Crippen LogP contribution in [0, 0.1) is 11.7 Å². The highest BCUT2D eigenvalue weighted by Crippen LogP contribution is 2.57. The molecule has 2 aliphatic heterocycles. The van der Waals surface area contributed by atoms with E-state index in [1.165, 1.54) is 4.90 Å². The van der Waals surface area contributed by atoms with Gasteiger partial charge in [-0.15, -0.1) is 0 Å². The minimum absolute atomic E-state index is 0.00703. The van der Waals surface area contributed by atoms with Gasteiger partial charge in [0.15, 0.2) is 9.84 Å². The number of amides is 1. The Morgan fingerprint density at radius 2 is 1.51 bits per heavy atom. The van der Waals surface area contributed by atoms with Gasteiger partial charge in [-0.3, -0.25) is 4.79 Å². The number of benzene rings is 2. The Labute approximate surface area is 235 Å². The van der Waals surface area contributed by atoms with Crippen LogP contribution in [0.2, 0.25) is 0 Å². The summed E-state index contributed by atoms with van der Waals surface area (Å²) in [6.45, 7) is -0.00703. The normalized spacial score (nSPS) is 24.2. The molecule has 0 aromatic heterocycles. The first-order valence-corrected chi connectivity index (χ1v) is 15.5. The molecule has 2 aromatic carbocycles. The van der Waals surface area contributed by atoms with Gasteiger partial charge in [-0.1, -0.05) is 18.2 Å². The summed E-state index contributed by atoms with van der Waals surface area (Å²) in [6.07, 6.45) is -11.9. The number of nitrogens with zero attached hydrogens (tertiary/aromatic N) is 1. The predicted octanol–water partition coefficient (Wildman–Crippen LogP) is 6.47. The SMILES string of the molecule is O=C(C1CCSCC1)N1CC[C@@]2(S(=O)(=O)c3ccc(F)cc3)c3ccc(C(F)(C(F)(F)F)C(F)(F)F)cc3CC[C@@H]12. The van der Waals surface area contributed by atoms with E-state index >= 15 is 0 Å². The van der Waals surface area contributed by atoms with Gasteiger partial charge in [0.2, 0.25) is 5.91 Å². The van der Waals surface area contributed by atoms with Crippen molar-refractivity contribution < 1.29 is 48.3 Å². The maximum absolute atomic E-state index is 14.9. The van der Waals surface area contributed by atoms with E-state index < -0.39 is 50.0 Å².